The number of rotatable bonds is 11. The second-order valence-corrected chi connectivity index (χ2v) is 8.04. The maximum atomic E-state index is 13.0. The third-order valence-corrected chi connectivity index (χ3v) is 5.59. The van der Waals surface area contributed by atoms with Crippen LogP contribution >= 0.6 is 11.8 Å². The molecule has 1 aromatic carbocycles. The van der Waals surface area contributed by atoms with Crippen LogP contribution in [0.15, 0.2) is 30.3 Å². The highest BCUT2D eigenvalue weighted by Crippen LogP contribution is 2.22. The van der Waals surface area contributed by atoms with Gasteiger partial charge in [0.15, 0.2) is 0 Å². The molecule has 1 aromatic rings. The largest absolute Gasteiger partial charge is 0.481 e. The highest BCUT2D eigenvalue weighted by Gasteiger charge is 2.39. The molecule has 184 valence electrons. The standard InChI is InChI=1S/C21H25N3O9S/c1-2-32-20(30)16(25)9-22-18(28)15-11-34-12-24(15)19(29)14(8-17(26)27)23-21(31)33-10-13-6-4-3-5-7-13/h3-7,14-15H,2,8-12H2,1H3,(H,22,28)(H,23,31)(H,26,27)/t14-,15-/m0/s1. The number of nitrogens with zero attached hydrogens (tertiary/aromatic N) is 1. The molecule has 2 atom stereocenters. The second kappa shape index (κ2) is 13.2. The number of amides is 3. The van der Waals surface area contributed by atoms with Gasteiger partial charge in [0.1, 0.15) is 18.7 Å². The first-order valence-electron chi connectivity index (χ1n) is 10.3. The van der Waals surface area contributed by atoms with Gasteiger partial charge < -0.3 is 30.1 Å². The molecule has 1 aliphatic rings. The number of hydrogen-bond donors (Lipinski definition) is 3. The first kappa shape index (κ1) is 26.6. The number of carbonyl (C=O) groups excluding carboxylic acids is 5. The van der Waals surface area contributed by atoms with E-state index < -0.39 is 60.7 Å². The van der Waals surface area contributed by atoms with Crippen molar-refractivity contribution >= 4 is 47.4 Å². The van der Waals surface area contributed by atoms with Crippen LogP contribution in [0.5, 0.6) is 0 Å². The van der Waals surface area contributed by atoms with Crippen LogP contribution < -0.4 is 10.6 Å². The number of Topliss-reactive ketones (excluding diaryl/α,β-unsaturated/α-hetero) is 1. The fourth-order valence-electron chi connectivity index (χ4n) is 2.93. The van der Waals surface area contributed by atoms with Gasteiger partial charge in [0.25, 0.3) is 5.78 Å². The Kier molecular flexibility index (Phi) is 10.3. The summed E-state index contributed by atoms with van der Waals surface area (Å²) < 4.78 is 9.61. The molecule has 0 aliphatic carbocycles. The Bertz CT molecular complexity index is 925. The van der Waals surface area contributed by atoms with Crippen molar-refractivity contribution < 1.29 is 43.3 Å². The number of ether oxygens (including phenoxy) is 2. The molecule has 1 aliphatic heterocycles. The molecule has 13 heteroatoms. The maximum absolute atomic E-state index is 13.0. The molecule has 0 unspecified atom stereocenters. The number of carboxylic acids is 1. The highest BCUT2D eigenvalue weighted by atomic mass is 32.2. The van der Waals surface area contributed by atoms with E-state index in [1.54, 1.807) is 30.3 Å². The average Bonchev–Trinajstić information content (AvgIpc) is 3.30. The predicted molar refractivity (Wildman–Crippen MR) is 118 cm³/mol. The van der Waals surface area contributed by atoms with Crippen LogP contribution in [0, 0.1) is 0 Å². The molecule has 1 saturated heterocycles. The molecule has 0 radical (unpaired) electrons. The van der Waals surface area contributed by atoms with E-state index in [2.05, 4.69) is 15.4 Å². The fourth-order valence-corrected chi connectivity index (χ4v) is 4.09. The first-order valence-corrected chi connectivity index (χ1v) is 11.4. The van der Waals surface area contributed by atoms with Gasteiger partial charge in [-0.15, -0.1) is 11.8 Å². The lowest BCUT2D eigenvalue weighted by atomic mass is 10.1. The van der Waals surface area contributed by atoms with Crippen LogP contribution in [0.3, 0.4) is 0 Å². The van der Waals surface area contributed by atoms with Crippen molar-refractivity contribution in [2.24, 2.45) is 0 Å². The normalized spacial score (nSPS) is 15.7. The minimum Gasteiger partial charge on any atom is -0.481 e. The van der Waals surface area contributed by atoms with Crippen molar-refractivity contribution in [2.45, 2.75) is 32.0 Å². The molecule has 0 bridgehead atoms. The summed E-state index contributed by atoms with van der Waals surface area (Å²) in [5, 5.41) is 13.7. The summed E-state index contributed by atoms with van der Waals surface area (Å²) in [5.74, 6) is -4.61. The van der Waals surface area contributed by atoms with E-state index in [4.69, 9.17) is 4.74 Å². The summed E-state index contributed by atoms with van der Waals surface area (Å²) in [6.45, 7) is 0.844. The number of carboxylic acid groups (broad SMARTS) is 1. The van der Waals surface area contributed by atoms with Gasteiger partial charge in [0, 0.05) is 5.75 Å². The smallest absolute Gasteiger partial charge is 0.408 e. The van der Waals surface area contributed by atoms with Gasteiger partial charge in [-0.3, -0.25) is 19.2 Å². The number of hydrogen-bond acceptors (Lipinski definition) is 9. The van der Waals surface area contributed by atoms with Crippen LogP contribution in [-0.2, 0) is 40.1 Å². The van der Waals surface area contributed by atoms with Crippen molar-refractivity contribution in [1.29, 1.82) is 0 Å². The lowest BCUT2D eigenvalue weighted by Crippen LogP contribution is -2.55. The van der Waals surface area contributed by atoms with E-state index in [0.29, 0.717) is 5.56 Å². The van der Waals surface area contributed by atoms with Crippen LogP contribution in [0.25, 0.3) is 0 Å². The van der Waals surface area contributed by atoms with E-state index >= 15 is 0 Å². The molecule has 3 amide bonds. The van der Waals surface area contributed by atoms with Crippen molar-refractivity contribution in [3.05, 3.63) is 35.9 Å². The lowest BCUT2D eigenvalue weighted by Gasteiger charge is -2.27. The van der Waals surface area contributed by atoms with Gasteiger partial charge in [0.2, 0.25) is 11.8 Å². The highest BCUT2D eigenvalue weighted by molar-refractivity contribution is 7.99. The van der Waals surface area contributed by atoms with Gasteiger partial charge in [-0.25, -0.2) is 9.59 Å². The van der Waals surface area contributed by atoms with Crippen LogP contribution in [0.1, 0.15) is 18.9 Å². The number of carbonyl (C=O) groups is 6. The van der Waals surface area contributed by atoms with Crippen molar-refractivity contribution in [2.75, 3.05) is 24.8 Å². The Morgan fingerprint density at radius 3 is 2.50 bits per heavy atom. The minimum atomic E-state index is -1.48. The summed E-state index contributed by atoms with van der Waals surface area (Å²) in [4.78, 5) is 73.1. The van der Waals surface area contributed by atoms with Gasteiger partial charge in [0.05, 0.1) is 25.4 Å². The first-order chi connectivity index (χ1) is 16.2. The van der Waals surface area contributed by atoms with Gasteiger partial charge in [-0.05, 0) is 12.5 Å². The SMILES string of the molecule is CCOC(=O)C(=O)CNC(=O)[C@@H]1CSCN1C(=O)[C@H](CC(=O)O)NC(=O)OCc1ccccc1. The van der Waals surface area contributed by atoms with Crippen LogP contribution in [0.2, 0.25) is 0 Å². The summed E-state index contributed by atoms with van der Waals surface area (Å²) >= 11 is 1.23. The number of ketones is 1. The molecule has 34 heavy (non-hydrogen) atoms. The van der Waals surface area contributed by atoms with Crippen molar-refractivity contribution in [3.8, 4) is 0 Å². The number of nitrogens with one attached hydrogen (secondary N) is 2. The molecular formula is C21H25N3O9S. The zero-order valence-corrected chi connectivity index (χ0v) is 19.2. The van der Waals surface area contributed by atoms with Crippen LogP contribution in [0.4, 0.5) is 4.79 Å². The number of esters is 1. The molecular weight excluding hydrogens is 470 g/mol. The minimum absolute atomic E-state index is 0.00577. The average molecular weight is 496 g/mol. The van der Waals surface area contributed by atoms with Gasteiger partial charge in [-0.2, -0.15) is 0 Å². The van der Waals surface area contributed by atoms with Gasteiger partial charge >= 0.3 is 18.0 Å². The number of alkyl carbamates (subject to hydrolysis) is 1. The summed E-state index contributed by atoms with van der Waals surface area (Å²) in [7, 11) is 0. The monoisotopic (exact) mass is 495 g/mol. The van der Waals surface area contributed by atoms with Gasteiger partial charge in [-0.1, -0.05) is 30.3 Å². The Morgan fingerprint density at radius 1 is 1.15 bits per heavy atom. The third kappa shape index (κ3) is 8.06. The second-order valence-electron chi connectivity index (χ2n) is 7.04. The van der Waals surface area contributed by atoms with E-state index in [-0.39, 0.29) is 24.8 Å². The number of benzene rings is 1. The summed E-state index contributed by atoms with van der Waals surface area (Å²) in [6.07, 6.45) is -1.72. The summed E-state index contributed by atoms with van der Waals surface area (Å²) in [5.41, 5.74) is 0.698. The molecule has 0 saturated carbocycles. The predicted octanol–water partition coefficient (Wildman–Crippen LogP) is -0.0940. The number of aliphatic carboxylic acids is 1. The Hall–Kier alpha value is -3.61. The summed E-state index contributed by atoms with van der Waals surface area (Å²) in [6, 6.07) is 6.25. The Labute approximate surface area is 199 Å². The quantitative estimate of drug-likeness (QED) is 0.278. The molecule has 0 spiro atoms. The Balaban J connectivity index is 1.98. The van der Waals surface area contributed by atoms with Crippen LogP contribution in [-0.4, -0.2) is 82.5 Å². The molecule has 3 N–H and O–H groups in total. The maximum Gasteiger partial charge on any atom is 0.408 e. The molecule has 2 rings (SSSR count). The zero-order chi connectivity index (χ0) is 25.1. The molecule has 0 aromatic heterocycles. The molecule has 12 nitrogen and oxygen atoms in total. The lowest BCUT2D eigenvalue weighted by molar-refractivity contribution is -0.153. The van der Waals surface area contributed by atoms with Crippen molar-refractivity contribution in [1.82, 2.24) is 15.5 Å². The third-order valence-electron chi connectivity index (χ3n) is 4.58. The molecule has 1 fully saturated rings. The van der Waals surface area contributed by atoms with E-state index in [9.17, 15) is 33.9 Å². The fraction of sp³-hybridized carbons (Fsp3) is 0.429. The zero-order valence-electron chi connectivity index (χ0n) is 18.4. The molecule has 1 heterocycles. The van der Waals surface area contributed by atoms with E-state index in [1.165, 1.54) is 18.7 Å². The van der Waals surface area contributed by atoms with E-state index in [1.807, 2.05) is 0 Å². The van der Waals surface area contributed by atoms with E-state index in [0.717, 1.165) is 4.90 Å². The number of thioether (sulfide) groups is 1. The Morgan fingerprint density at radius 2 is 1.85 bits per heavy atom. The van der Waals surface area contributed by atoms with Crippen molar-refractivity contribution in [3.63, 3.8) is 0 Å². The topological polar surface area (TPSA) is 168 Å².